The van der Waals surface area contributed by atoms with Gasteiger partial charge in [-0.3, -0.25) is 14.4 Å². The molecule has 5 heteroatoms. The third-order valence-corrected chi connectivity index (χ3v) is 2.71. The maximum Gasteiger partial charge on any atom is 0.258 e. The lowest BCUT2D eigenvalue weighted by atomic mass is 10.2. The van der Waals surface area contributed by atoms with Crippen molar-refractivity contribution in [1.82, 2.24) is 0 Å². The zero-order valence-electron chi connectivity index (χ0n) is 10.6. The molecule has 0 bridgehead atoms. The van der Waals surface area contributed by atoms with Crippen LogP contribution in [0.4, 0.5) is 11.4 Å². The molecule has 98 valence electrons. The van der Waals surface area contributed by atoms with E-state index in [1.54, 1.807) is 24.3 Å². The lowest BCUT2D eigenvalue weighted by Crippen LogP contribution is -2.30. The van der Waals surface area contributed by atoms with Gasteiger partial charge in [-0.25, -0.2) is 4.90 Å². The lowest BCUT2D eigenvalue weighted by Gasteiger charge is -2.18. The summed E-state index contributed by atoms with van der Waals surface area (Å²) < 4.78 is 0. The smallest absolute Gasteiger partial charge is 0.258 e. The van der Waals surface area contributed by atoms with Crippen LogP contribution in [0.2, 0.25) is 0 Å². The fraction of sp³-hybridized carbons (Fsp3) is 0.214. The second-order valence-corrected chi connectivity index (χ2v) is 4.16. The lowest BCUT2D eigenvalue weighted by molar-refractivity contribution is -0.120. The Hall–Kier alpha value is -2.43. The van der Waals surface area contributed by atoms with Gasteiger partial charge in [0.1, 0.15) is 0 Å². The zero-order valence-corrected chi connectivity index (χ0v) is 10.6. The first-order valence-corrected chi connectivity index (χ1v) is 6.08. The van der Waals surface area contributed by atoms with Crippen LogP contribution in [0.3, 0.4) is 0 Å². The number of anilines is 2. The molecule has 1 aromatic rings. The van der Waals surface area contributed by atoms with Crippen molar-refractivity contribution in [2.24, 2.45) is 0 Å². The summed E-state index contributed by atoms with van der Waals surface area (Å²) in [5.74, 6) is -0.939. The molecule has 0 saturated heterocycles. The normalized spacial score (nSPS) is 14.1. The average Bonchev–Trinajstić information content (AvgIpc) is 2.70. The number of hydrogen-bond acceptors (Lipinski definition) is 3. The van der Waals surface area contributed by atoms with Crippen LogP contribution in [0.5, 0.6) is 0 Å². The molecule has 1 heterocycles. The molecule has 19 heavy (non-hydrogen) atoms. The Labute approximate surface area is 110 Å². The van der Waals surface area contributed by atoms with Crippen molar-refractivity contribution in [1.29, 1.82) is 0 Å². The van der Waals surface area contributed by atoms with Crippen LogP contribution in [0, 0.1) is 0 Å². The summed E-state index contributed by atoms with van der Waals surface area (Å²) in [4.78, 5) is 36.0. The number of para-hydroxylation sites is 2. The zero-order chi connectivity index (χ0) is 13.8. The van der Waals surface area contributed by atoms with Crippen molar-refractivity contribution in [3.8, 4) is 0 Å². The molecule has 0 unspecified atom stereocenters. The highest BCUT2D eigenvalue weighted by Crippen LogP contribution is 2.28. The van der Waals surface area contributed by atoms with Crippen LogP contribution in [-0.2, 0) is 14.4 Å². The highest BCUT2D eigenvalue weighted by molar-refractivity contribution is 6.29. The molecule has 1 N–H and O–H groups in total. The molecular weight excluding hydrogens is 244 g/mol. The molecule has 0 spiro atoms. The van der Waals surface area contributed by atoms with Crippen LogP contribution in [0.1, 0.15) is 19.8 Å². The van der Waals surface area contributed by atoms with E-state index in [1.807, 2.05) is 6.92 Å². The summed E-state index contributed by atoms with van der Waals surface area (Å²) in [6.07, 6.45) is 3.56. The van der Waals surface area contributed by atoms with E-state index in [9.17, 15) is 14.4 Å². The number of nitrogens with zero attached hydrogens (tertiary/aromatic N) is 1. The van der Waals surface area contributed by atoms with Gasteiger partial charge >= 0.3 is 0 Å². The van der Waals surface area contributed by atoms with Gasteiger partial charge in [0, 0.05) is 18.6 Å². The van der Waals surface area contributed by atoms with E-state index in [-0.39, 0.29) is 5.91 Å². The second-order valence-electron chi connectivity index (χ2n) is 4.16. The summed E-state index contributed by atoms with van der Waals surface area (Å²) in [5, 5.41) is 2.72. The molecule has 0 radical (unpaired) electrons. The predicted molar refractivity (Wildman–Crippen MR) is 71.6 cm³/mol. The van der Waals surface area contributed by atoms with Crippen molar-refractivity contribution in [3.05, 3.63) is 36.4 Å². The largest absolute Gasteiger partial charge is 0.324 e. The number of carbonyl (C=O) groups is 3. The van der Waals surface area contributed by atoms with Gasteiger partial charge in [0.25, 0.3) is 11.8 Å². The summed E-state index contributed by atoms with van der Waals surface area (Å²) >= 11 is 0. The molecule has 0 fully saturated rings. The van der Waals surface area contributed by atoms with Gasteiger partial charge in [0.15, 0.2) is 0 Å². The minimum absolute atomic E-state index is 0.137. The maximum absolute atomic E-state index is 11.7. The van der Waals surface area contributed by atoms with E-state index in [4.69, 9.17) is 0 Å². The Morgan fingerprint density at radius 3 is 2.42 bits per heavy atom. The van der Waals surface area contributed by atoms with Gasteiger partial charge in [0.05, 0.1) is 11.4 Å². The third-order valence-electron chi connectivity index (χ3n) is 2.71. The monoisotopic (exact) mass is 258 g/mol. The van der Waals surface area contributed by atoms with Crippen molar-refractivity contribution in [3.63, 3.8) is 0 Å². The Kier molecular flexibility index (Phi) is 3.75. The fourth-order valence-corrected chi connectivity index (χ4v) is 1.85. The quantitative estimate of drug-likeness (QED) is 0.838. The third kappa shape index (κ3) is 2.70. The molecule has 1 aromatic carbocycles. The van der Waals surface area contributed by atoms with Crippen LogP contribution < -0.4 is 10.2 Å². The highest BCUT2D eigenvalue weighted by atomic mass is 16.2. The standard InChI is InChI=1S/C14H14N2O3/c1-2-5-12(17)15-10-6-3-4-7-11(10)16-13(18)8-9-14(16)19/h3-4,6-9H,2,5H2,1H3,(H,15,17). The van der Waals surface area contributed by atoms with Crippen LogP contribution in [0.15, 0.2) is 36.4 Å². The van der Waals surface area contributed by atoms with Gasteiger partial charge in [-0.2, -0.15) is 0 Å². The van der Waals surface area contributed by atoms with Gasteiger partial charge in [-0.15, -0.1) is 0 Å². The molecule has 0 aliphatic carbocycles. The molecule has 0 atom stereocenters. The predicted octanol–water partition coefficient (Wildman–Crippen LogP) is 1.85. The average molecular weight is 258 g/mol. The SMILES string of the molecule is CCCC(=O)Nc1ccccc1N1C(=O)C=CC1=O. The number of carbonyl (C=O) groups excluding carboxylic acids is 3. The van der Waals surface area contributed by atoms with Crippen molar-refractivity contribution < 1.29 is 14.4 Å². The maximum atomic E-state index is 11.7. The Bertz CT molecular complexity index is 546. The van der Waals surface area contributed by atoms with E-state index in [0.29, 0.717) is 17.8 Å². The Morgan fingerprint density at radius 2 is 1.79 bits per heavy atom. The van der Waals surface area contributed by atoms with Crippen LogP contribution >= 0.6 is 0 Å². The topological polar surface area (TPSA) is 66.5 Å². The number of nitrogens with one attached hydrogen (secondary N) is 1. The minimum Gasteiger partial charge on any atom is -0.324 e. The van der Waals surface area contributed by atoms with Crippen LogP contribution in [-0.4, -0.2) is 17.7 Å². The Morgan fingerprint density at radius 1 is 1.16 bits per heavy atom. The summed E-state index contributed by atoms with van der Waals surface area (Å²) in [5.41, 5.74) is 0.860. The molecule has 0 aromatic heterocycles. The highest BCUT2D eigenvalue weighted by Gasteiger charge is 2.27. The molecule has 3 amide bonds. The van der Waals surface area contributed by atoms with Crippen molar-refractivity contribution in [2.75, 3.05) is 10.2 Å². The Balaban J connectivity index is 2.29. The van der Waals surface area contributed by atoms with E-state index in [2.05, 4.69) is 5.32 Å². The van der Waals surface area contributed by atoms with Crippen molar-refractivity contribution in [2.45, 2.75) is 19.8 Å². The first-order chi connectivity index (χ1) is 9.13. The minimum atomic E-state index is -0.401. The van der Waals surface area contributed by atoms with E-state index >= 15 is 0 Å². The summed E-state index contributed by atoms with van der Waals surface area (Å²) in [7, 11) is 0. The fourth-order valence-electron chi connectivity index (χ4n) is 1.85. The summed E-state index contributed by atoms with van der Waals surface area (Å²) in [6.45, 7) is 1.91. The number of imide groups is 1. The molecule has 0 saturated carbocycles. The van der Waals surface area contributed by atoms with E-state index in [0.717, 1.165) is 11.3 Å². The van der Waals surface area contributed by atoms with Crippen molar-refractivity contribution >= 4 is 29.1 Å². The second kappa shape index (κ2) is 5.48. The first-order valence-electron chi connectivity index (χ1n) is 6.08. The number of rotatable bonds is 4. The van der Waals surface area contributed by atoms with E-state index < -0.39 is 11.8 Å². The molecule has 1 aliphatic heterocycles. The summed E-state index contributed by atoms with van der Waals surface area (Å²) in [6, 6.07) is 6.75. The number of amides is 3. The van der Waals surface area contributed by atoms with Gasteiger partial charge in [-0.05, 0) is 18.6 Å². The molecule has 2 rings (SSSR count). The van der Waals surface area contributed by atoms with Crippen LogP contribution in [0.25, 0.3) is 0 Å². The number of benzene rings is 1. The molecule has 5 nitrogen and oxygen atoms in total. The first kappa shape index (κ1) is 13.0. The van der Waals surface area contributed by atoms with Gasteiger partial charge in [-0.1, -0.05) is 19.1 Å². The number of hydrogen-bond donors (Lipinski definition) is 1. The van der Waals surface area contributed by atoms with Gasteiger partial charge < -0.3 is 5.32 Å². The molecule has 1 aliphatic rings. The van der Waals surface area contributed by atoms with E-state index in [1.165, 1.54) is 12.2 Å². The van der Waals surface area contributed by atoms with Gasteiger partial charge in [0.2, 0.25) is 5.91 Å². The molecular formula is C14H14N2O3.